The van der Waals surface area contributed by atoms with Gasteiger partial charge in [0.25, 0.3) is 5.91 Å². The van der Waals surface area contributed by atoms with Crippen molar-refractivity contribution in [3.63, 3.8) is 0 Å². The topological polar surface area (TPSA) is 90.5 Å². The Labute approximate surface area is 178 Å². The summed E-state index contributed by atoms with van der Waals surface area (Å²) >= 11 is 1.22. The summed E-state index contributed by atoms with van der Waals surface area (Å²) in [5.74, 6) is 0.588. The summed E-state index contributed by atoms with van der Waals surface area (Å²) in [6, 6.07) is 11.4. The van der Waals surface area contributed by atoms with Crippen LogP contribution in [0.2, 0.25) is 0 Å². The van der Waals surface area contributed by atoms with E-state index in [0.717, 1.165) is 24.1 Å². The number of benzene rings is 1. The minimum absolute atomic E-state index is 0.0418. The number of aryl methyl sites for hydroxylation is 1. The summed E-state index contributed by atoms with van der Waals surface area (Å²) in [5.41, 5.74) is 2.05. The lowest BCUT2D eigenvalue weighted by Crippen LogP contribution is -2.38. The van der Waals surface area contributed by atoms with Gasteiger partial charge in [-0.3, -0.25) is 14.2 Å². The van der Waals surface area contributed by atoms with E-state index in [-0.39, 0.29) is 18.3 Å². The van der Waals surface area contributed by atoms with E-state index in [1.165, 1.54) is 11.8 Å². The number of carbonyl (C=O) groups excluding carboxylic acids is 2. The number of hydrogen-bond acceptors (Lipinski definition) is 7. The smallest absolute Gasteiger partial charge is 0.316 e. The fraction of sp³-hybridized carbons (Fsp3) is 0.333. The molecule has 0 aliphatic carbocycles. The quantitative estimate of drug-likeness (QED) is 0.423. The van der Waals surface area contributed by atoms with Gasteiger partial charge in [0.2, 0.25) is 0 Å². The number of ether oxygens (including phenoxy) is 1. The van der Waals surface area contributed by atoms with E-state index in [4.69, 9.17) is 9.15 Å². The molecule has 1 aromatic carbocycles. The molecule has 0 spiro atoms. The molecule has 0 radical (unpaired) electrons. The zero-order valence-corrected chi connectivity index (χ0v) is 17.4. The van der Waals surface area contributed by atoms with Crippen molar-refractivity contribution in [2.75, 3.05) is 23.8 Å². The Morgan fingerprint density at radius 3 is 2.87 bits per heavy atom. The number of furan rings is 1. The number of fused-ring (bicyclic) bond motifs is 1. The molecule has 0 N–H and O–H groups in total. The Bertz CT molecular complexity index is 1030. The SMILES string of the molecule is CCn1c(SCC(=O)OCC(=O)N2CCCc3ccccc32)nnc1-c1ccco1. The zero-order valence-electron chi connectivity index (χ0n) is 16.6. The Kier molecular flexibility index (Phi) is 6.18. The van der Waals surface area contributed by atoms with Gasteiger partial charge < -0.3 is 14.1 Å². The third-order valence-electron chi connectivity index (χ3n) is 4.86. The molecule has 1 aliphatic rings. The zero-order chi connectivity index (χ0) is 20.9. The molecule has 0 bridgehead atoms. The van der Waals surface area contributed by atoms with E-state index in [0.29, 0.717) is 29.8 Å². The average molecular weight is 426 g/mol. The molecule has 8 nitrogen and oxygen atoms in total. The minimum atomic E-state index is -0.469. The second kappa shape index (κ2) is 9.17. The van der Waals surface area contributed by atoms with Crippen LogP contribution in [0.1, 0.15) is 18.9 Å². The van der Waals surface area contributed by atoms with Crippen LogP contribution in [0.3, 0.4) is 0 Å². The van der Waals surface area contributed by atoms with E-state index < -0.39 is 5.97 Å². The summed E-state index contributed by atoms with van der Waals surface area (Å²) < 4.78 is 12.5. The Morgan fingerprint density at radius 2 is 2.07 bits per heavy atom. The van der Waals surface area contributed by atoms with Crippen molar-refractivity contribution in [2.45, 2.75) is 31.5 Å². The maximum Gasteiger partial charge on any atom is 0.316 e. The van der Waals surface area contributed by atoms with Crippen molar-refractivity contribution in [2.24, 2.45) is 0 Å². The molecule has 1 aliphatic heterocycles. The molecule has 30 heavy (non-hydrogen) atoms. The minimum Gasteiger partial charge on any atom is -0.461 e. The number of carbonyl (C=O) groups is 2. The second-order valence-electron chi connectivity index (χ2n) is 6.75. The van der Waals surface area contributed by atoms with Crippen LogP contribution >= 0.6 is 11.8 Å². The summed E-state index contributed by atoms with van der Waals surface area (Å²) in [5, 5.41) is 8.89. The molecule has 0 saturated carbocycles. The number of amides is 1. The summed E-state index contributed by atoms with van der Waals surface area (Å²) in [6.45, 7) is 2.96. The van der Waals surface area contributed by atoms with Crippen LogP contribution in [0.25, 0.3) is 11.6 Å². The average Bonchev–Trinajstić information content (AvgIpc) is 3.44. The Balaban J connectivity index is 1.32. The van der Waals surface area contributed by atoms with Gasteiger partial charge in [0.1, 0.15) is 0 Å². The fourth-order valence-electron chi connectivity index (χ4n) is 3.45. The predicted octanol–water partition coefficient (Wildman–Crippen LogP) is 3.17. The number of aromatic nitrogens is 3. The number of para-hydroxylation sites is 1. The number of hydrogen-bond donors (Lipinski definition) is 0. The fourth-order valence-corrected chi connectivity index (χ4v) is 4.25. The van der Waals surface area contributed by atoms with Gasteiger partial charge >= 0.3 is 5.97 Å². The molecule has 0 unspecified atom stereocenters. The first kappa shape index (κ1) is 20.2. The van der Waals surface area contributed by atoms with Crippen molar-refractivity contribution < 1.29 is 18.7 Å². The van der Waals surface area contributed by atoms with Crippen LogP contribution in [0, 0.1) is 0 Å². The normalized spacial score (nSPS) is 13.2. The molecule has 1 amide bonds. The van der Waals surface area contributed by atoms with Crippen LogP contribution in [-0.4, -0.2) is 45.5 Å². The van der Waals surface area contributed by atoms with Gasteiger partial charge in [-0.2, -0.15) is 0 Å². The van der Waals surface area contributed by atoms with Crippen LogP contribution in [-0.2, 0) is 27.3 Å². The molecule has 0 saturated heterocycles. The van der Waals surface area contributed by atoms with E-state index in [9.17, 15) is 9.59 Å². The van der Waals surface area contributed by atoms with Gasteiger partial charge in [-0.1, -0.05) is 30.0 Å². The molecular weight excluding hydrogens is 404 g/mol. The number of esters is 1. The monoisotopic (exact) mass is 426 g/mol. The van der Waals surface area contributed by atoms with E-state index in [1.807, 2.05) is 41.8 Å². The second-order valence-corrected chi connectivity index (χ2v) is 7.70. The molecule has 156 valence electrons. The number of rotatable bonds is 7. The lowest BCUT2D eigenvalue weighted by molar-refractivity contribution is -0.145. The summed E-state index contributed by atoms with van der Waals surface area (Å²) in [7, 11) is 0. The molecular formula is C21H22N4O4S. The van der Waals surface area contributed by atoms with Crippen molar-refractivity contribution in [3.8, 4) is 11.6 Å². The highest BCUT2D eigenvalue weighted by atomic mass is 32.2. The molecule has 9 heteroatoms. The standard InChI is InChI=1S/C21H22N4O4S/c1-2-24-20(17-10-6-12-28-17)22-23-21(24)30-14-19(27)29-13-18(26)25-11-5-8-15-7-3-4-9-16(15)25/h3-4,6-7,9-10,12H,2,5,8,11,13-14H2,1H3. The van der Waals surface area contributed by atoms with Crippen molar-refractivity contribution in [1.29, 1.82) is 0 Å². The highest BCUT2D eigenvalue weighted by Gasteiger charge is 2.23. The number of nitrogens with zero attached hydrogens (tertiary/aromatic N) is 4. The molecule has 2 aromatic heterocycles. The summed E-state index contributed by atoms with van der Waals surface area (Å²) in [6.07, 6.45) is 3.43. The molecule has 0 atom stereocenters. The molecule has 3 aromatic rings. The first-order chi connectivity index (χ1) is 14.7. The third-order valence-corrected chi connectivity index (χ3v) is 5.80. The van der Waals surface area contributed by atoms with Gasteiger partial charge in [0.05, 0.1) is 12.0 Å². The van der Waals surface area contributed by atoms with Gasteiger partial charge in [-0.25, -0.2) is 0 Å². The first-order valence-electron chi connectivity index (χ1n) is 9.81. The van der Waals surface area contributed by atoms with Crippen LogP contribution in [0.5, 0.6) is 0 Å². The largest absolute Gasteiger partial charge is 0.461 e. The van der Waals surface area contributed by atoms with Crippen LogP contribution in [0.15, 0.2) is 52.2 Å². The molecule has 0 fully saturated rings. The highest BCUT2D eigenvalue weighted by Crippen LogP contribution is 2.27. The van der Waals surface area contributed by atoms with Gasteiger partial charge in [-0.15, -0.1) is 10.2 Å². The maximum absolute atomic E-state index is 12.6. The van der Waals surface area contributed by atoms with E-state index in [1.54, 1.807) is 17.2 Å². The number of anilines is 1. The third kappa shape index (κ3) is 4.25. The molecule has 4 rings (SSSR count). The van der Waals surface area contributed by atoms with Crippen molar-refractivity contribution in [3.05, 3.63) is 48.2 Å². The lowest BCUT2D eigenvalue weighted by atomic mass is 10.0. The van der Waals surface area contributed by atoms with Gasteiger partial charge in [0, 0.05) is 18.8 Å². The Morgan fingerprint density at radius 1 is 1.20 bits per heavy atom. The van der Waals surface area contributed by atoms with Gasteiger partial charge in [-0.05, 0) is 43.5 Å². The molecule has 3 heterocycles. The van der Waals surface area contributed by atoms with Gasteiger partial charge in [0.15, 0.2) is 23.3 Å². The summed E-state index contributed by atoms with van der Waals surface area (Å²) in [4.78, 5) is 26.5. The first-order valence-corrected chi connectivity index (χ1v) is 10.8. The van der Waals surface area contributed by atoms with Crippen molar-refractivity contribution in [1.82, 2.24) is 14.8 Å². The number of thioether (sulfide) groups is 1. The predicted molar refractivity (Wildman–Crippen MR) is 112 cm³/mol. The highest BCUT2D eigenvalue weighted by molar-refractivity contribution is 7.99. The Hall–Kier alpha value is -3.07. The maximum atomic E-state index is 12.6. The van der Waals surface area contributed by atoms with Crippen molar-refractivity contribution >= 4 is 29.3 Å². The van der Waals surface area contributed by atoms with Crippen LogP contribution in [0.4, 0.5) is 5.69 Å². The van der Waals surface area contributed by atoms with Crippen LogP contribution < -0.4 is 4.90 Å². The lowest BCUT2D eigenvalue weighted by Gasteiger charge is -2.29. The van der Waals surface area contributed by atoms with E-state index in [2.05, 4.69) is 10.2 Å². The van der Waals surface area contributed by atoms with E-state index >= 15 is 0 Å².